The van der Waals surface area contributed by atoms with E-state index in [4.69, 9.17) is 5.21 Å². The van der Waals surface area contributed by atoms with Gasteiger partial charge in [-0.25, -0.2) is 9.87 Å². The number of aryl methyl sites for hydroxylation is 1. The highest BCUT2D eigenvalue weighted by Gasteiger charge is 2.34. The number of nitrogens with one attached hydrogen (secondary N) is 1. The van der Waals surface area contributed by atoms with Gasteiger partial charge < -0.3 is 14.0 Å². The predicted molar refractivity (Wildman–Crippen MR) is 123 cm³/mol. The molecule has 0 saturated heterocycles. The van der Waals surface area contributed by atoms with Crippen molar-refractivity contribution in [1.29, 1.82) is 0 Å². The first-order valence-corrected chi connectivity index (χ1v) is 11.2. The summed E-state index contributed by atoms with van der Waals surface area (Å²) in [7, 11) is 3.96. The molecule has 0 bridgehead atoms. The Morgan fingerprint density at radius 3 is 2.39 bits per heavy atom. The van der Waals surface area contributed by atoms with Crippen LogP contribution >= 0.6 is 0 Å². The minimum atomic E-state index is -2.88. The minimum absolute atomic E-state index is 0.138. The molecule has 2 N–H and O–H groups in total. The Balaban J connectivity index is 1.93. The Hall–Kier alpha value is -2.92. The monoisotopic (exact) mass is 474 g/mol. The average Bonchev–Trinajstić information content (AvgIpc) is 2.79. The molecule has 176 valence electrons. The summed E-state index contributed by atoms with van der Waals surface area (Å²) < 4.78 is 37.0. The zero-order valence-corrected chi connectivity index (χ0v) is 19.3. The summed E-state index contributed by atoms with van der Waals surface area (Å²) in [5, 5.41) is 9.11. The van der Waals surface area contributed by atoms with E-state index >= 15 is 0 Å². The molecule has 3 rings (SSSR count). The molecule has 0 spiro atoms. The first kappa shape index (κ1) is 24.7. The van der Waals surface area contributed by atoms with Gasteiger partial charge in [0.15, 0.2) is 0 Å². The molecule has 0 aliphatic heterocycles. The zero-order chi connectivity index (χ0) is 24.3. The molecule has 2 aromatic carbocycles. The van der Waals surface area contributed by atoms with Gasteiger partial charge in [0.05, 0.1) is 5.39 Å². The Bertz CT molecular complexity index is 1260. The Morgan fingerprint density at radius 2 is 1.82 bits per heavy atom. The van der Waals surface area contributed by atoms with Crippen LogP contribution in [-0.2, 0) is 29.0 Å². The normalized spacial score (nSPS) is 14.3. The number of fused-ring (bicyclic) bond motifs is 1. The Morgan fingerprint density at radius 1 is 1.18 bits per heavy atom. The third kappa shape index (κ3) is 5.19. The van der Waals surface area contributed by atoms with Gasteiger partial charge >= 0.3 is 0 Å². The standard InChI is InChI=1S/C23H26FN3O5S/c1-23(33(31)32,22(29)25-30)10-11-27-14-20(24)19-12-17(8-9-18(19)21(27)28)16-6-4-15(5-7-16)13-26(2)3/h4-9,12,14,30H,10-11,13H2,1-3H3,(H,25,29)(H,31,32)/p-1. The van der Waals surface area contributed by atoms with E-state index in [9.17, 15) is 22.7 Å². The summed E-state index contributed by atoms with van der Waals surface area (Å²) in [4.78, 5) is 26.7. The quantitative estimate of drug-likeness (QED) is 0.294. The summed E-state index contributed by atoms with van der Waals surface area (Å²) in [5.74, 6) is -1.78. The van der Waals surface area contributed by atoms with Gasteiger partial charge in [0, 0.05) is 24.7 Å². The third-order valence-electron chi connectivity index (χ3n) is 5.60. The van der Waals surface area contributed by atoms with Crippen molar-refractivity contribution in [2.24, 2.45) is 0 Å². The fourth-order valence-corrected chi connectivity index (χ4v) is 4.04. The largest absolute Gasteiger partial charge is 0.772 e. The number of hydrogen-bond donors (Lipinski definition) is 2. The van der Waals surface area contributed by atoms with Crippen molar-refractivity contribution < 1.29 is 23.2 Å². The molecule has 0 aliphatic rings. The predicted octanol–water partition coefficient (Wildman–Crippen LogP) is 2.40. The van der Waals surface area contributed by atoms with Crippen LogP contribution in [0.4, 0.5) is 4.39 Å². The van der Waals surface area contributed by atoms with Gasteiger partial charge in [0.25, 0.3) is 11.5 Å². The molecule has 33 heavy (non-hydrogen) atoms. The van der Waals surface area contributed by atoms with Crippen LogP contribution in [0.1, 0.15) is 18.9 Å². The Kier molecular flexibility index (Phi) is 7.43. The summed E-state index contributed by atoms with van der Waals surface area (Å²) in [6.07, 6.45) is 0.664. The lowest BCUT2D eigenvalue weighted by atomic mass is 10.0. The van der Waals surface area contributed by atoms with Crippen LogP contribution in [0.25, 0.3) is 21.9 Å². The van der Waals surface area contributed by atoms with Crippen LogP contribution in [0.3, 0.4) is 0 Å². The smallest absolute Gasteiger partial charge is 0.260 e. The molecule has 10 heteroatoms. The van der Waals surface area contributed by atoms with E-state index in [0.29, 0.717) is 0 Å². The van der Waals surface area contributed by atoms with Gasteiger partial charge in [-0.15, -0.1) is 0 Å². The minimum Gasteiger partial charge on any atom is -0.772 e. The number of halogens is 1. The van der Waals surface area contributed by atoms with Gasteiger partial charge in [0.2, 0.25) is 0 Å². The van der Waals surface area contributed by atoms with Gasteiger partial charge in [0.1, 0.15) is 10.6 Å². The van der Waals surface area contributed by atoms with E-state index in [1.165, 1.54) is 11.5 Å². The number of carbonyl (C=O) groups excluding carboxylic acids is 1. The molecule has 0 radical (unpaired) electrons. The number of nitrogens with zero attached hydrogens (tertiary/aromatic N) is 2. The maximum atomic E-state index is 14.9. The van der Waals surface area contributed by atoms with Gasteiger partial charge in [-0.05, 0) is 67.3 Å². The van der Waals surface area contributed by atoms with E-state index in [1.807, 2.05) is 38.4 Å². The molecule has 2 unspecified atom stereocenters. The first-order valence-electron chi connectivity index (χ1n) is 10.2. The zero-order valence-electron chi connectivity index (χ0n) is 18.5. The SMILES string of the molecule is CN(C)Cc1ccc(-c2ccc3c(=O)n(CCC(C)(C(=O)NO)S(=O)[O-])cc(F)c3c2)cc1. The second kappa shape index (κ2) is 9.92. The molecular formula is C23H25FN3O5S-. The highest BCUT2D eigenvalue weighted by atomic mass is 32.2. The molecule has 0 aliphatic carbocycles. The Labute approximate surface area is 192 Å². The highest BCUT2D eigenvalue weighted by molar-refractivity contribution is 7.81. The lowest BCUT2D eigenvalue weighted by molar-refractivity contribution is -0.131. The van der Waals surface area contributed by atoms with Crippen molar-refractivity contribution in [3.05, 3.63) is 70.4 Å². The van der Waals surface area contributed by atoms with E-state index < -0.39 is 33.1 Å². The van der Waals surface area contributed by atoms with Crippen LogP contribution in [0.5, 0.6) is 0 Å². The molecule has 3 aromatic rings. The van der Waals surface area contributed by atoms with E-state index in [-0.39, 0.29) is 23.7 Å². The summed E-state index contributed by atoms with van der Waals surface area (Å²) in [6, 6.07) is 12.7. The van der Waals surface area contributed by atoms with Crippen molar-refractivity contribution in [3.8, 4) is 11.1 Å². The topological polar surface area (TPSA) is 115 Å². The van der Waals surface area contributed by atoms with Crippen molar-refractivity contribution in [3.63, 3.8) is 0 Å². The molecule has 1 aromatic heterocycles. The number of pyridine rings is 1. The molecular weight excluding hydrogens is 449 g/mol. The number of carbonyl (C=O) groups is 1. The second-order valence-corrected chi connectivity index (χ2v) is 9.70. The van der Waals surface area contributed by atoms with Crippen molar-refractivity contribution in [2.75, 3.05) is 14.1 Å². The summed E-state index contributed by atoms with van der Waals surface area (Å²) in [6.45, 7) is 1.67. The van der Waals surface area contributed by atoms with Gasteiger partial charge in [-0.2, -0.15) is 0 Å². The number of amides is 1. The molecule has 0 fully saturated rings. The third-order valence-corrected chi connectivity index (χ3v) is 6.73. The maximum absolute atomic E-state index is 14.9. The lowest BCUT2D eigenvalue weighted by Gasteiger charge is -2.29. The molecule has 8 nitrogen and oxygen atoms in total. The van der Waals surface area contributed by atoms with Crippen molar-refractivity contribution >= 4 is 27.8 Å². The fourth-order valence-electron chi connectivity index (χ4n) is 3.59. The average molecular weight is 475 g/mol. The summed E-state index contributed by atoms with van der Waals surface area (Å²) >= 11 is -2.88. The number of hydrogen-bond acceptors (Lipinski definition) is 6. The second-order valence-electron chi connectivity index (χ2n) is 8.33. The maximum Gasteiger partial charge on any atom is 0.260 e. The van der Waals surface area contributed by atoms with Crippen LogP contribution < -0.4 is 11.0 Å². The van der Waals surface area contributed by atoms with Crippen LogP contribution in [0.2, 0.25) is 0 Å². The van der Waals surface area contributed by atoms with E-state index in [2.05, 4.69) is 4.90 Å². The van der Waals surface area contributed by atoms with Crippen LogP contribution in [0.15, 0.2) is 53.5 Å². The number of aromatic nitrogens is 1. The van der Waals surface area contributed by atoms with Crippen LogP contribution in [0, 0.1) is 5.82 Å². The summed E-state index contributed by atoms with van der Waals surface area (Å²) in [5.41, 5.74) is 3.58. The molecule has 0 saturated carbocycles. The molecule has 2 atom stereocenters. The number of rotatable bonds is 8. The number of hydroxylamine groups is 1. The van der Waals surface area contributed by atoms with E-state index in [0.717, 1.165) is 40.9 Å². The number of benzene rings is 2. The molecule has 1 heterocycles. The van der Waals surface area contributed by atoms with Crippen LogP contribution in [-0.4, -0.2) is 48.2 Å². The highest BCUT2D eigenvalue weighted by Crippen LogP contribution is 2.26. The van der Waals surface area contributed by atoms with E-state index in [1.54, 1.807) is 12.1 Å². The van der Waals surface area contributed by atoms with Gasteiger partial charge in [-0.1, -0.05) is 30.3 Å². The van der Waals surface area contributed by atoms with Crippen molar-refractivity contribution in [1.82, 2.24) is 14.9 Å². The lowest BCUT2D eigenvalue weighted by Crippen LogP contribution is -2.47. The van der Waals surface area contributed by atoms with Gasteiger partial charge in [-0.3, -0.25) is 19.0 Å². The fraction of sp³-hybridized carbons (Fsp3) is 0.304. The van der Waals surface area contributed by atoms with Crippen molar-refractivity contribution in [2.45, 2.75) is 31.2 Å². The molecule has 1 amide bonds. The first-order chi connectivity index (χ1) is 15.6.